The van der Waals surface area contributed by atoms with E-state index >= 15 is 0 Å². The number of halogens is 3. The van der Waals surface area contributed by atoms with E-state index in [1.807, 2.05) is 0 Å². The summed E-state index contributed by atoms with van der Waals surface area (Å²) in [4.78, 5) is 0. The van der Waals surface area contributed by atoms with Gasteiger partial charge in [-0.15, -0.1) is 0 Å². The first-order valence-electron chi connectivity index (χ1n) is 11.7. The molecule has 1 saturated carbocycles. The van der Waals surface area contributed by atoms with Gasteiger partial charge in [0.05, 0.1) is 8.07 Å². The van der Waals surface area contributed by atoms with Crippen LogP contribution in [0.3, 0.4) is 0 Å². The van der Waals surface area contributed by atoms with Crippen LogP contribution < -0.4 is 0 Å². The minimum Gasteiger partial charge on any atom is -0.204 e. The van der Waals surface area contributed by atoms with Gasteiger partial charge in [-0.05, 0) is 55.2 Å². The maximum atomic E-state index is 13.5. The van der Waals surface area contributed by atoms with E-state index in [0.717, 1.165) is 31.6 Å². The maximum Gasteiger partial charge on any atom is 0.194 e. The van der Waals surface area contributed by atoms with Crippen LogP contribution >= 0.6 is 0 Å². The van der Waals surface area contributed by atoms with Gasteiger partial charge in [0.2, 0.25) is 0 Å². The van der Waals surface area contributed by atoms with Crippen LogP contribution in [0, 0.1) is 23.4 Å². The first-order valence-corrected chi connectivity index (χ1v) is 14.5. The summed E-state index contributed by atoms with van der Waals surface area (Å²) in [7, 11) is -0.942. The highest BCUT2D eigenvalue weighted by Crippen LogP contribution is 2.40. The zero-order valence-corrected chi connectivity index (χ0v) is 18.5. The third-order valence-corrected chi connectivity index (χ3v) is 13.4. The zero-order valence-electron chi connectivity index (χ0n) is 17.5. The predicted molar refractivity (Wildman–Crippen MR) is 114 cm³/mol. The highest BCUT2D eigenvalue weighted by molar-refractivity contribution is 6.80. The van der Waals surface area contributed by atoms with Crippen molar-refractivity contribution in [3.63, 3.8) is 0 Å². The van der Waals surface area contributed by atoms with Gasteiger partial charge >= 0.3 is 0 Å². The van der Waals surface area contributed by atoms with E-state index in [1.165, 1.54) is 57.1 Å². The van der Waals surface area contributed by atoms with Crippen LogP contribution in [0.4, 0.5) is 13.2 Å². The van der Waals surface area contributed by atoms with Gasteiger partial charge in [-0.1, -0.05) is 76.0 Å². The Balaban J connectivity index is 1.40. The Morgan fingerprint density at radius 2 is 1.50 bits per heavy atom. The second kappa shape index (κ2) is 10.3. The Labute approximate surface area is 170 Å². The van der Waals surface area contributed by atoms with Crippen LogP contribution in [0.2, 0.25) is 24.2 Å². The third kappa shape index (κ3) is 5.64. The largest absolute Gasteiger partial charge is 0.204 e. The van der Waals surface area contributed by atoms with Crippen molar-refractivity contribution in [3.8, 4) is 0 Å². The monoisotopic (exact) mass is 410 g/mol. The molecule has 1 aliphatic heterocycles. The Bertz CT molecular complexity index is 588. The molecule has 0 spiro atoms. The highest BCUT2D eigenvalue weighted by atomic mass is 28.3. The van der Waals surface area contributed by atoms with E-state index < -0.39 is 25.5 Å². The summed E-state index contributed by atoms with van der Waals surface area (Å²) in [5.41, 5.74) is 0.639. The molecule has 0 radical (unpaired) electrons. The number of benzene rings is 1. The molecule has 1 aromatic carbocycles. The molecule has 0 aromatic heterocycles. The lowest BCUT2D eigenvalue weighted by Crippen LogP contribution is -2.35. The lowest BCUT2D eigenvalue weighted by molar-refractivity contribution is 0.302. The first-order chi connectivity index (χ1) is 13.5. The molecule has 3 rings (SSSR count). The molecule has 4 heteroatoms. The molecular formula is C24H37F3Si. The summed E-state index contributed by atoms with van der Waals surface area (Å²) in [6, 6.07) is 8.65. The minimum absolute atomic E-state index is 0.184. The summed E-state index contributed by atoms with van der Waals surface area (Å²) in [5.74, 6) is -2.50. The summed E-state index contributed by atoms with van der Waals surface area (Å²) < 4.78 is 40.2. The van der Waals surface area contributed by atoms with Crippen LogP contribution in [0.1, 0.15) is 89.0 Å². The van der Waals surface area contributed by atoms with Crippen molar-refractivity contribution < 1.29 is 13.2 Å². The van der Waals surface area contributed by atoms with Crippen molar-refractivity contribution in [1.29, 1.82) is 0 Å². The lowest BCUT2D eigenvalue weighted by Gasteiger charge is -2.36. The first kappa shape index (κ1) is 21.9. The fourth-order valence-corrected chi connectivity index (χ4v) is 11.5. The summed E-state index contributed by atoms with van der Waals surface area (Å²) in [6.45, 7) is 2.36. The fourth-order valence-electron chi connectivity index (χ4n) is 5.99. The van der Waals surface area contributed by atoms with Crippen LogP contribution in [-0.4, -0.2) is 8.07 Å². The average Bonchev–Trinajstić information content (AvgIpc) is 2.70. The standard InChI is InChI=1S/C24H37F3Si/c1-2-13-28(14-5-3-6-15-28)16-7-4-8-19-9-11-20(12-10-19)21-17-22(25)24(27)23(26)18-21/h17-20H,2-16H2,1H3. The lowest BCUT2D eigenvalue weighted by atomic mass is 9.77. The van der Waals surface area contributed by atoms with Gasteiger partial charge in [-0.3, -0.25) is 0 Å². The summed E-state index contributed by atoms with van der Waals surface area (Å²) in [6.07, 6.45) is 14.1. The highest BCUT2D eigenvalue weighted by Gasteiger charge is 2.32. The molecule has 0 unspecified atom stereocenters. The van der Waals surface area contributed by atoms with Gasteiger partial charge in [0.25, 0.3) is 0 Å². The van der Waals surface area contributed by atoms with Crippen molar-refractivity contribution >= 4 is 8.07 Å². The zero-order chi connectivity index (χ0) is 20.0. The van der Waals surface area contributed by atoms with Crippen LogP contribution in [0.25, 0.3) is 0 Å². The molecule has 0 N–H and O–H groups in total. The van der Waals surface area contributed by atoms with E-state index in [4.69, 9.17) is 0 Å². The van der Waals surface area contributed by atoms with Crippen molar-refractivity contribution in [2.75, 3.05) is 0 Å². The van der Waals surface area contributed by atoms with E-state index in [1.54, 1.807) is 24.2 Å². The molecule has 1 heterocycles. The number of hydrogen-bond donors (Lipinski definition) is 0. The number of hydrogen-bond acceptors (Lipinski definition) is 0. The van der Waals surface area contributed by atoms with Crippen LogP contribution in [-0.2, 0) is 0 Å². The van der Waals surface area contributed by atoms with Crippen molar-refractivity contribution in [2.24, 2.45) is 5.92 Å². The molecule has 0 nitrogen and oxygen atoms in total. The van der Waals surface area contributed by atoms with Crippen molar-refractivity contribution in [1.82, 2.24) is 0 Å². The van der Waals surface area contributed by atoms with E-state index in [0.29, 0.717) is 5.56 Å². The van der Waals surface area contributed by atoms with E-state index in [9.17, 15) is 13.2 Å². The molecule has 0 atom stereocenters. The normalized spacial score (nSPS) is 25.0. The van der Waals surface area contributed by atoms with Gasteiger partial charge in [0.1, 0.15) is 0 Å². The quantitative estimate of drug-likeness (QED) is 0.229. The van der Waals surface area contributed by atoms with Crippen molar-refractivity contribution in [3.05, 3.63) is 35.1 Å². The van der Waals surface area contributed by atoms with Gasteiger partial charge in [-0.25, -0.2) is 13.2 Å². The molecule has 1 aliphatic carbocycles. The van der Waals surface area contributed by atoms with Gasteiger partial charge < -0.3 is 0 Å². The molecule has 28 heavy (non-hydrogen) atoms. The van der Waals surface area contributed by atoms with Gasteiger partial charge in [0.15, 0.2) is 17.5 Å². The topological polar surface area (TPSA) is 0 Å². The van der Waals surface area contributed by atoms with Gasteiger partial charge in [0, 0.05) is 0 Å². The Morgan fingerprint density at radius 3 is 2.11 bits per heavy atom. The smallest absolute Gasteiger partial charge is 0.194 e. The molecule has 2 aliphatic rings. The molecule has 158 valence electrons. The van der Waals surface area contributed by atoms with E-state index in [-0.39, 0.29) is 5.92 Å². The molecular weight excluding hydrogens is 373 g/mol. The molecule has 0 amide bonds. The molecule has 2 fully saturated rings. The van der Waals surface area contributed by atoms with Crippen LogP contribution in [0.5, 0.6) is 0 Å². The second-order valence-electron chi connectivity index (χ2n) is 9.57. The fraction of sp³-hybridized carbons (Fsp3) is 0.750. The summed E-state index contributed by atoms with van der Waals surface area (Å²) >= 11 is 0. The average molecular weight is 411 g/mol. The number of unbranched alkanes of at least 4 members (excludes halogenated alkanes) is 1. The Kier molecular flexibility index (Phi) is 8.08. The predicted octanol–water partition coefficient (Wildman–Crippen LogP) is 8.59. The molecule has 0 bridgehead atoms. The Morgan fingerprint density at radius 1 is 0.857 bits per heavy atom. The Hall–Kier alpha value is -0.773. The van der Waals surface area contributed by atoms with Crippen molar-refractivity contribution in [2.45, 2.75) is 108 Å². The third-order valence-electron chi connectivity index (χ3n) is 7.59. The molecule has 1 aromatic rings. The minimum atomic E-state index is -1.35. The van der Waals surface area contributed by atoms with Gasteiger partial charge in [-0.2, -0.15) is 0 Å². The second-order valence-corrected chi connectivity index (χ2v) is 14.6. The summed E-state index contributed by atoms with van der Waals surface area (Å²) in [5, 5.41) is 0. The molecule has 1 saturated heterocycles. The van der Waals surface area contributed by atoms with E-state index in [2.05, 4.69) is 6.92 Å². The number of rotatable bonds is 8. The van der Waals surface area contributed by atoms with Crippen LogP contribution in [0.15, 0.2) is 12.1 Å². The maximum absolute atomic E-state index is 13.5. The SMILES string of the molecule is CCC[Si]1(CCCCC2CCC(c3cc(F)c(F)c(F)c3)CC2)CCCCC1.